The van der Waals surface area contributed by atoms with Crippen molar-refractivity contribution in [2.45, 2.75) is 33.1 Å². The Balaban J connectivity index is 2.78. The van der Waals surface area contributed by atoms with E-state index >= 15 is 0 Å². The fraction of sp³-hybridized carbons (Fsp3) is 0.357. The Bertz CT molecular complexity index is 350. The van der Waals surface area contributed by atoms with Crippen LogP contribution >= 0.6 is 0 Å². The molecule has 0 N–H and O–H groups in total. The van der Waals surface area contributed by atoms with Gasteiger partial charge in [0.1, 0.15) is 0 Å². The number of hydrogen-bond acceptors (Lipinski definition) is 1. The molecule has 0 amide bonds. The average molecular weight is 202 g/mol. The lowest BCUT2D eigenvalue weighted by Crippen LogP contribution is -1.95. The van der Waals surface area contributed by atoms with Crippen molar-refractivity contribution in [3.05, 3.63) is 47.5 Å². The van der Waals surface area contributed by atoms with Crippen LogP contribution in [-0.2, 0) is 6.42 Å². The number of ketones is 1. The number of carbonyl (C=O) groups excluding carboxylic acids is 1. The lowest BCUT2D eigenvalue weighted by Gasteiger charge is -2.01. The third-order valence-electron chi connectivity index (χ3n) is 2.35. The molecule has 1 aromatic rings. The zero-order valence-corrected chi connectivity index (χ0v) is 9.49. The van der Waals surface area contributed by atoms with Crippen LogP contribution in [0.4, 0.5) is 0 Å². The van der Waals surface area contributed by atoms with E-state index in [1.54, 1.807) is 12.2 Å². The summed E-state index contributed by atoms with van der Waals surface area (Å²) in [4.78, 5) is 11.6. The number of unbranched alkanes of at least 4 members (excludes halogenated alkanes) is 1. The van der Waals surface area contributed by atoms with Crippen LogP contribution in [0.25, 0.3) is 0 Å². The van der Waals surface area contributed by atoms with E-state index in [0.717, 1.165) is 12.0 Å². The van der Waals surface area contributed by atoms with Crippen LogP contribution in [0.2, 0.25) is 0 Å². The van der Waals surface area contributed by atoms with Crippen LogP contribution in [0.5, 0.6) is 0 Å². The van der Waals surface area contributed by atoms with Crippen molar-refractivity contribution in [1.29, 1.82) is 0 Å². The second kappa shape index (κ2) is 6.18. The minimum atomic E-state index is 0.0934. The molecule has 0 aromatic heterocycles. The van der Waals surface area contributed by atoms with Crippen molar-refractivity contribution in [2.24, 2.45) is 0 Å². The smallest absolute Gasteiger partial charge is 0.185 e. The minimum Gasteiger partial charge on any atom is -0.289 e. The topological polar surface area (TPSA) is 17.1 Å². The standard InChI is InChI=1S/C14H18O/c1-3-5-8-12-9-6-10-13(11-12)14(15)7-4-2/h4,6-7,9-11H,3,5,8H2,1-2H3/b7-4+. The minimum absolute atomic E-state index is 0.0934. The van der Waals surface area contributed by atoms with E-state index < -0.39 is 0 Å². The molecule has 0 atom stereocenters. The number of aryl methyl sites for hydroxylation is 1. The summed E-state index contributed by atoms with van der Waals surface area (Å²) in [6.07, 6.45) is 6.82. The van der Waals surface area contributed by atoms with Gasteiger partial charge in [-0.2, -0.15) is 0 Å². The lowest BCUT2D eigenvalue weighted by atomic mass is 10.0. The second-order valence-electron chi connectivity index (χ2n) is 3.67. The number of rotatable bonds is 5. The SMILES string of the molecule is C/C=C/C(=O)c1cccc(CCCC)c1. The maximum absolute atomic E-state index is 11.6. The van der Waals surface area contributed by atoms with E-state index in [2.05, 4.69) is 13.0 Å². The highest BCUT2D eigenvalue weighted by molar-refractivity contribution is 6.04. The summed E-state index contributed by atoms with van der Waals surface area (Å²) in [6, 6.07) is 7.92. The van der Waals surface area contributed by atoms with Gasteiger partial charge in [-0.25, -0.2) is 0 Å². The Kier molecular flexibility index (Phi) is 4.82. The van der Waals surface area contributed by atoms with Crippen LogP contribution in [0.15, 0.2) is 36.4 Å². The van der Waals surface area contributed by atoms with Crippen molar-refractivity contribution in [1.82, 2.24) is 0 Å². The highest BCUT2D eigenvalue weighted by Gasteiger charge is 2.01. The first-order chi connectivity index (χ1) is 7.27. The molecule has 1 heteroatoms. The molecule has 0 spiro atoms. The molecule has 0 aliphatic heterocycles. The molecule has 1 aromatic carbocycles. The molecule has 0 bridgehead atoms. The van der Waals surface area contributed by atoms with Crippen molar-refractivity contribution in [3.8, 4) is 0 Å². The summed E-state index contributed by atoms with van der Waals surface area (Å²) in [5, 5.41) is 0. The third kappa shape index (κ3) is 3.70. The summed E-state index contributed by atoms with van der Waals surface area (Å²) in [7, 11) is 0. The molecule has 15 heavy (non-hydrogen) atoms. The molecule has 80 valence electrons. The normalized spacial score (nSPS) is 10.8. The van der Waals surface area contributed by atoms with Crippen LogP contribution < -0.4 is 0 Å². The van der Waals surface area contributed by atoms with Gasteiger partial charge in [-0.15, -0.1) is 0 Å². The van der Waals surface area contributed by atoms with E-state index in [-0.39, 0.29) is 5.78 Å². The molecule has 0 saturated carbocycles. The molecule has 0 fully saturated rings. The van der Waals surface area contributed by atoms with Gasteiger partial charge in [0.2, 0.25) is 0 Å². The van der Waals surface area contributed by atoms with Crippen molar-refractivity contribution in [3.63, 3.8) is 0 Å². The maximum atomic E-state index is 11.6. The predicted molar refractivity (Wildman–Crippen MR) is 64.2 cm³/mol. The average Bonchev–Trinajstić information content (AvgIpc) is 2.27. The summed E-state index contributed by atoms with van der Waals surface area (Å²) in [5.41, 5.74) is 2.05. The van der Waals surface area contributed by atoms with Crippen LogP contribution in [0.1, 0.15) is 42.6 Å². The fourth-order valence-corrected chi connectivity index (χ4v) is 1.51. The van der Waals surface area contributed by atoms with Crippen molar-refractivity contribution < 1.29 is 4.79 Å². The molecular formula is C14H18O. The lowest BCUT2D eigenvalue weighted by molar-refractivity contribution is 0.104. The first kappa shape index (κ1) is 11.7. The van der Waals surface area contributed by atoms with Gasteiger partial charge in [-0.05, 0) is 37.5 Å². The van der Waals surface area contributed by atoms with E-state index in [1.165, 1.54) is 18.4 Å². The summed E-state index contributed by atoms with van der Waals surface area (Å²) >= 11 is 0. The molecule has 1 nitrogen and oxygen atoms in total. The van der Waals surface area contributed by atoms with E-state index in [0.29, 0.717) is 0 Å². The van der Waals surface area contributed by atoms with Crippen LogP contribution in [0.3, 0.4) is 0 Å². The Morgan fingerprint density at radius 3 is 2.87 bits per heavy atom. The van der Waals surface area contributed by atoms with Crippen LogP contribution in [-0.4, -0.2) is 5.78 Å². The van der Waals surface area contributed by atoms with E-state index in [4.69, 9.17) is 0 Å². The highest BCUT2D eigenvalue weighted by Crippen LogP contribution is 2.09. The predicted octanol–water partition coefficient (Wildman–Crippen LogP) is 3.79. The Hall–Kier alpha value is -1.37. The molecule has 0 aliphatic rings. The van der Waals surface area contributed by atoms with Gasteiger partial charge in [-0.1, -0.05) is 37.6 Å². The van der Waals surface area contributed by atoms with Crippen molar-refractivity contribution in [2.75, 3.05) is 0 Å². The van der Waals surface area contributed by atoms with Gasteiger partial charge in [0, 0.05) is 5.56 Å². The zero-order valence-electron chi connectivity index (χ0n) is 9.49. The molecule has 0 heterocycles. The van der Waals surface area contributed by atoms with Gasteiger partial charge < -0.3 is 0 Å². The zero-order chi connectivity index (χ0) is 11.1. The first-order valence-electron chi connectivity index (χ1n) is 5.54. The monoisotopic (exact) mass is 202 g/mol. The summed E-state index contributed by atoms with van der Waals surface area (Å²) < 4.78 is 0. The highest BCUT2D eigenvalue weighted by atomic mass is 16.1. The fourth-order valence-electron chi connectivity index (χ4n) is 1.51. The molecule has 0 radical (unpaired) electrons. The number of carbonyl (C=O) groups is 1. The molecule has 0 saturated heterocycles. The Morgan fingerprint density at radius 1 is 1.40 bits per heavy atom. The third-order valence-corrected chi connectivity index (χ3v) is 2.35. The Labute approximate surface area is 91.8 Å². The number of benzene rings is 1. The van der Waals surface area contributed by atoms with Gasteiger partial charge >= 0.3 is 0 Å². The van der Waals surface area contributed by atoms with Gasteiger partial charge in [0.15, 0.2) is 5.78 Å². The molecule has 0 aliphatic carbocycles. The van der Waals surface area contributed by atoms with Gasteiger partial charge in [-0.3, -0.25) is 4.79 Å². The van der Waals surface area contributed by atoms with Gasteiger partial charge in [0.05, 0.1) is 0 Å². The van der Waals surface area contributed by atoms with E-state index in [1.807, 2.05) is 25.1 Å². The number of allylic oxidation sites excluding steroid dienone is 2. The summed E-state index contributed by atoms with van der Waals surface area (Å²) in [5.74, 6) is 0.0934. The van der Waals surface area contributed by atoms with Crippen LogP contribution in [0, 0.1) is 0 Å². The second-order valence-corrected chi connectivity index (χ2v) is 3.67. The first-order valence-corrected chi connectivity index (χ1v) is 5.54. The van der Waals surface area contributed by atoms with Crippen molar-refractivity contribution >= 4 is 5.78 Å². The molecular weight excluding hydrogens is 184 g/mol. The quantitative estimate of drug-likeness (QED) is 0.524. The van der Waals surface area contributed by atoms with Gasteiger partial charge in [0.25, 0.3) is 0 Å². The largest absolute Gasteiger partial charge is 0.289 e. The number of hydrogen-bond donors (Lipinski definition) is 0. The maximum Gasteiger partial charge on any atom is 0.185 e. The summed E-state index contributed by atoms with van der Waals surface area (Å²) in [6.45, 7) is 4.04. The Morgan fingerprint density at radius 2 is 2.20 bits per heavy atom. The van der Waals surface area contributed by atoms with E-state index in [9.17, 15) is 4.79 Å². The molecule has 0 unspecified atom stereocenters. The molecule has 1 rings (SSSR count).